The second kappa shape index (κ2) is 4.69. The highest BCUT2D eigenvalue weighted by molar-refractivity contribution is 5.75. The normalized spacial score (nSPS) is 16.4. The van der Waals surface area contributed by atoms with Gasteiger partial charge in [-0.2, -0.15) is 0 Å². The summed E-state index contributed by atoms with van der Waals surface area (Å²) >= 11 is 0. The van der Waals surface area contributed by atoms with Gasteiger partial charge in [-0.1, -0.05) is 25.0 Å². The zero-order valence-corrected chi connectivity index (χ0v) is 9.95. The van der Waals surface area contributed by atoms with Gasteiger partial charge in [-0.25, -0.2) is 0 Å². The maximum absolute atomic E-state index is 11.9. The third-order valence-electron chi connectivity index (χ3n) is 3.24. The molecule has 2 heteroatoms. The lowest BCUT2D eigenvalue weighted by Crippen LogP contribution is -2.18. The molecule has 1 saturated carbocycles. The van der Waals surface area contributed by atoms with Crippen molar-refractivity contribution in [1.29, 1.82) is 0 Å². The monoisotopic (exact) mass is 218 g/mol. The van der Waals surface area contributed by atoms with Crippen molar-refractivity contribution in [3.63, 3.8) is 0 Å². The zero-order chi connectivity index (χ0) is 11.5. The van der Waals surface area contributed by atoms with Gasteiger partial charge < -0.3 is 4.74 Å². The molecule has 0 aromatic heterocycles. The van der Waals surface area contributed by atoms with E-state index >= 15 is 0 Å². The number of hydrogen-bond donors (Lipinski definition) is 0. The Morgan fingerprint density at radius 1 is 1.25 bits per heavy atom. The van der Waals surface area contributed by atoms with Gasteiger partial charge in [-0.05, 0) is 43.9 Å². The van der Waals surface area contributed by atoms with Gasteiger partial charge in [0.05, 0.1) is 5.92 Å². The molecule has 0 unspecified atom stereocenters. The van der Waals surface area contributed by atoms with E-state index in [-0.39, 0.29) is 11.9 Å². The Bertz CT molecular complexity index is 390. The molecule has 1 aromatic rings. The van der Waals surface area contributed by atoms with Crippen molar-refractivity contribution in [3.05, 3.63) is 29.3 Å². The first-order valence-electron chi connectivity index (χ1n) is 5.96. The summed E-state index contributed by atoms with van der Waals surface area (Å²) in [5.41, 5.74) is 2.15. The summed E-state index contributed by atoms with van der Waals surface area (Å²) in [6.45, 7) is 3.98. The molecule has 0 amide bonds. The van der Waals surface area contributed by atoms with Crippen molar-refractivity contribution in [1.82, 2.24) is 0 Å². The van der Waals surface area contributed by atoms with Crippen LogP contribution in [0, 0.1) is 19.8 Å². The minimum absolute atomic E-state index is 0.0498. The Morgan fingerprint density at radius 3 is 2.62 bits per heavy atom. The van der Waals surface area contributed by atoms with Gasteiger partial charge in [0, 0.05) is 0 Å². The molecule has 0 radical (unpaired) electrons. The molecule has 0 bridgehead atoms. The van der Waals surface area contributed by atoms with E-state index in [4.69, 9.17) is 4.74 Å². The lowest BCUT2D eigenvalue weighted by molar-refractivity contribution is -0.138. The number of hydrogen-bond acceptors (Lipinski definition) is 2. The Hall–Kier alpha value is -1.31. The molecule has 16 heavy (non-hydrogen) atoms. The highest BCUT2D eigenvalue weighted by atomic mass is 16.5. The molecule has 1 aliphatic carbocycles. The lowest BCUT2D eigenvalue weighted by Gasteiger charge is -2.11. The highest BCUT2D eigenvalue weighted by Gasteiger charge is 2.24. The minimum atomic E-state index is -0.0498. The first-order valence-corrected chi connectivity index (χ1v) is 5.96. The number of rotatable bonds is 2. The maximum Gasteiger partial charge on any atom is 0.314 e. The van der Waals surface area contributed by atoms with Crippen LogP contribution in [-0.4, -0.2) is 5.97 Å². The summed E-state index contributed by atoms with van der Waals surface area (Å²) in [6.07, 6.45) is 4.30. The van der Waals surface area contributed by atoms with Crippen LogP contribution < -0.4 is 4.74 Å². The summed E-state index contributed by atoms with van der Waals surface area (Å²) in [6, 6.07) is 5.96. The van der Waals surface area contributed by atoms with Gasteiger partial charge in [0.25, 0.3) is 0 Å². The molecule has 0 N–H and O–H groups in total. The fourth-order valence-corrected chi connectivity index (χ4v) is 2.17. The van der Waals surface area contributed by atoms with Crippen LogP contribution in [0.2, 0.25) is 0 Å². The van der Waals surface area contributed by atoms with Crippen molar-refractivity contribution in [2.75, 3.05) is 0 Å². The first-order chi connectivity index (χ1) is 7.66. The number of carbonyl (C=O) groups excluding carboxylic acids is 1. The van der Waals surface area contributed by atoms with Crippen LogP contribution in [0.1, 0.15) is 36.8 Å². The molecule has 1 aliphatic rings. The van der Waals surface area contributed by atoms with Crippen molar-refractivity contribution in [2.45, 2.75) is 39.5 Å². The van der Waals surface area contributed by atoms with Gasteiger partial charge in [0.15, 0.2) is 0 Å². The fourth-order valence-electron chi connectivity index (χ4n) is 2.17. The van der Waals surface area contributed by atoms with Gasteiger partial charge in [-0.15, -0.1) is 0 Å². The summed E-state index contributed by atoms with van der Waals surface area (Å²) in [5, 5.41) is 0. The number of aryl methyl sites for hydroxylation is 2. The van der Waals surface area contributed by atoms with E-state index in [1.54, 1.807) is 0 Å². The molecule has 2 rings (SSSR count). The maximum atomic E-state index is 11.9. The van der Waals surface area contributed by atoms with E-state index in [1.165, 1.54) is 0 Å². The molecular weight excluding hydrogens is 200 g/mol. The highest BCUT2D eigenvalue weighted by Crippen LogP contribution is 2.27. The van der Waals surface area contributed by atoms with Crippen molar-refractivity contribution in [2.24, 2.45) is 5.92 Å². The molecule has 0 spiro atoms. The largest absolute Gasteiger partial charge is 0.426 e. The van der Waals surface area contributed by atoms with Crippen LogP contribution in [0.15, 0.2) is 18.2 Å². The Kier molecular flexibility index (Phi) is 3.28. The third-order valence-corrected chi connectivity index (χ3v) is 3.24. The molecular formula is C14H18O2. The SMILES string of the molecule is Cc1ccc(C)c(OC(=O)C2CCCC2)c1. The lowest BCUT2D eigenvalue weighted by atomic mass is 10.1. The van der Waals surface area contributed by atoms with Crippen molar-refractivity contribution >= 4 is 5.97 Å². The molecule has 86 valence electrons. The number of carbonyl (C=O) groups is 1. The van der Waals surface area contributed by atoms with Crippen LogP contribution >= 0.6 is 0 Å². The quantitative estimate of drug-likeness (QED) is 0.561. The molecule has 1 aromatic carbocycles. The van der Waals surface area contributed by atoms with E-state index < -0.39 is 0 Å². The summed E-state index contributed by atoms with van der Waals surface area (Å²) in [4.78, 5) is 11.9. The second-order valence-electron chi connectivity index (χ2n) is 4.67. The average molecular weight is 218 g/mol. The number of esters is 1. The van der Waals surface area contributed by atoms with E-state index in [9.17, 15) is 4.79 Å². The van der Waals surface area contributed by atoms with E-state index in [0.717, 1.165) is 42.6 Å². The van der Waals surface area contributed by atoms with Crippen LogP contribution in [0.3, 0.4) is 0 Å². The molecule has 0 atom stereocenters. The standard InChI is InChI=1S/C14H18O2/c1-10-7-8-11(2)13(9-10)16-14(15)12-5-3-4-6-12/h7-9,12H,3-6H2,1-2H3. The van der Waals surface area contributed by atoms with Gasteiger partial charge in [0.1, 0.15) is 5.75 Å². The van der Waals surface area contributed by atoms with Crippen molar-refractivity contribution < 1.29 is 9.53 Å². The van der Waals surface area contributed by atoms with Crippen molar-refractivity contribution in [3.8, 4) is 5.75 Å². The Labute approximate surface area is 96.6 Å². The summed E-state index contributed by atoms with van der Waals surface area (Å²) in [7, 11) is 0. The molecule has 2 nitrogen and oxygen atoms in total. The number of benzene rings is 1. The van der Waals surface area contributed by atoms with Crippen LogP contribution in [0.5, 0.6) is 5.75 Å². The topological polar surface area (TPSA) is 26.3 Å². The fraction of sp³-hybridized carbons (Fsp3) is 0.500. The molecule has 0 aliphatic heterocycles. The molecule has 0 saturated heterocycles. The Balaban J connectivity index is 2.07. The zero-order valence-electron chi connectivity index (χ0n) is 9.95. The van der Waals surface area contributed by atoms with Gasteiger partial charge in [-0.3, -0.25) is 4.79 Å². The molecule has 1 fully saturated rings. The van der Waals surface area contributed by atoms with E-state index in [2.05, 4.69) is 0 Å². The van der Waals surface area contributed by atoms with Crippen LogP contribution in [0.25, 0.3) is 0 Å². The molecule has 0 heterocycles. The van der Waals surface area contributed by atoms with Crippen LogP contribution in [-0.2, 0) is 4.79 Å². The summed E-state index contributed by atoms with van der Waals surface area (Å²) in [5.74, 6) is 0.794. The van der Waals surface area contributed by atoms with Gasteiger partial charge in [0.2, 0.25) is 0 Å². The predicted molar refractivity (Wildman–Crippen MR) is 63.5 cm³/mol. The average Bonchev–Trinajstić information content (AvgIpc) is 2.76. The number of ether oxygens (including phenoxy) is 1. The first kappa shape index (κ1) is 11.2. The van der Waals surface area contributed by atoms with Gasteiger partial charge >= 0.3 is 5.97 Å². The minimum Gasteiger partial charge on any atom is -0.426 e. The van der Waals surface area contributed by atoms with Crippen LogP contribution in [0.4, 0.5) is 0 Å². The predicted octanol–water partition coefficient (Wildman–Crippen LogP) is 3.40. The Morgan fingerprint density at radius 2 is 1.94 bits per heavy atom. The third kappa shape index (κ3) is 2.43. The summed E-state index contributed by atoms with van der Waals surface area (Å²) < 4.78 is 5.47. The van der Waals surface area contributed by atoms with E-state index in [1.807, 2.05) is 32.0 Å². The smallest absolute Gasteiger partial charge is 0.314 e. The second-order valence-corrected chi connectivity index (χ2v) is 4.67. The van der Waals surface area contributed by atoms with E-state index in [0.29, 0.717) is 0 Å².